The van der Waals surface area contributed by atoms with Crippen molar-refractivity contribution in [3.63, 3.8) is 0 Å². The van der Waals surface area contributed by atoms with Gasteiger partial charge in [0.15, 0.2) is 0 Å². The van der Waals surface area contributed by atoms with Crippen LogP contribution in [0.15, 0.2) is 0 Å². The quantitative estimate of drug-likeness (QED) is 0.531. The molecule has 92 valence electrons. The monoisotopic (exact) mass is 226 g/mol. The minimum Gasteiger partial charge on any atom is -0.335 e. The van der Waals surface area contributed by atoms with Crippen molar-refractivity contribution in [1.29, 1.82) is 0 Å². The third-order valence-electron chi connectivity index (χ3n) is 3.50. The molecule has 0 aromatic rings. The number of nitrogens with two attached hydrogens (primary N) is 1. The van der Waals surface area contributed by atoms with E-state index in [1.165, 1.54) is 0 Å². The first-order chi connectivity index (χ1) is 7.74. The highest BCUT2D eigenvalue weighted by Gasteiger charge is 2.22. The minimum atomic E-state index is -0.0193. The van der Waals surface area contributed by atoms with Gasteiger partial charge >= 0.3 is 6.03 Å². The molecule has 2 rings (SSSR count). The molecule has 1 saturated carbocycles. The molecular formula is C11H22N4O. The van der Waals surface area contributed by atoms with E-state index in [0.29, 0.717) is 18.1 Å². The van der Waals surface area contributed by atoms with E-state index in [1.54, 1.807) is 0 Å². The van der Waals surface area contributed by atoms with E-state index in [0.717, 1.165) is 45.2 Å². The number of rotatable bonds is 2. The zero-order chi connectivity index (χ0) is 11.4. The van der Waals surface area contributed by atoms with Gasteiger partial charge < -0.3 is 21.7 Å². The first kappa shape index (κ1) is 11.7. The highest BCUT2D eigenvalue weighted by Crippen LogP contribution is 2.16. The predicted molar refractivity (Wildman–Crippen MR) is 63.2 cm³/mol. The maximum Gasteiger partial charge on any atom is 0.315 e. The highest BCUT2D eigenvalue weighted by atomic mass is 16.2. The lowest BCUT2D eigenvalue weighted by Gasteiger charge is -2.27. The van der Waals surface area contributed by atoms with Gasteiger partial charge in [0.1, 0.15) is 0 Å². The number of carbonyl (C=O) groups excluding carboxylic acids is 1. The lowest BCUT2D eigenvalue weighted by molar-refractivity contribution is 0.228. The largest absolute Gasteiger partial charge is 0.335 e. The Hall–Kier alpha value is -0.810. The fourth-order valence-corrected chi connectivity index (χ4v) is 2.45. The molecule has 1 atom stereocenters. The summed E-state index contributed by atoms with van der Waals surface area (Å²) in [5.41, 5.74) is 5.82. The van der Waals surface area contributed by atoms with E-state index in [4.69, 9.17) is 5.73 Å². The van der Waals surface area contributed by atoms with Crippen LogP contribution in [0, 0.1) is 0 Å². The third-order valence-corrected chi connectivity index (χ3v) is 3.50. The van der Waals surface area contributed by atoms with E-state index in [2.05, 4.69) is 16.0 Å². The highest BCUT2D eigenvalue weighted by molar-refractivity contribution is 5.74. The summed E-state index contributed by atoms with van der Waals surface area (Å²) in [7, 11) is 0. The normalized spacial score (nSPS) is 34.7. The van der Waals surface area contributed by atoms with E-state index in [-0.39, 0.29) is 6.03 Å². The lowest BCUT2D eigenvalue weighted by atomic mass is 9.92. The summed E-state index contributed by atoms with van der Waals surface area (Å²) >= 11 is 0. The second-order valence-electron chi connectivity index (χ2n) is 4.92. The average Bonchev–Trinajstić information content (AvgIpc) is 2.74. The average molecular weight is 226 g/mol. The first-order valence-electron chi connectivity index (χ1n) is 6.27. The Kier molecular flexibility index (Phi) is 4.01. The zero-order valence-corrected chi connectivity index (χ0v) is 9.67. The van der Waals surface area contributed by atoms with Gasteiger partial charge in [-0.05, 0) is 38.6 Å². The molecule has 0 aromatic carbocycles. The maximum absolute atomic E-state index is 11.7. The predicted octanol–water partition coefficient (Wildman–Crippen LogP) is -0.0826. The smallest absolute Gasteiger partial charge is 0.315 e. The van der Waals surface area contributed by atoms with Gasteiger partial charge in [0.05, 0.1) is 0 Å². The van der Waals surface area contributed by atoms with Crippen molar-refractivity contribution in [3.8, 4) is 0 Å². The van der Waals surface area contributed by atoms with Gasteiger partial charge in [-0.3, -0.25) is 0 Å². The second-order valence-corrected chi connectivity index (χ2v) is 4.92. The van der Waals surface area contributed by atoms with Crippen molar-refractivity contribution in [2.24, 2.45) is 5.73 Å². The van der Waals surface area contributed by atoms with E-state index >= 15 is 0 Å². The number of nitrogens with one attached hydrogen (secondary N) is 3. The summed E-state index contributed by atoms with van der Waals surface area (Å²) in [4.78, 5) is 11.7. The summed E-state index contributed by atoms with van der Waals surface area (Å²) < 4.78 is 0. The van der Waals surface area contributed by atoms with Crippen molar-refractivity contribution in [2.45, 2.75) is 50.2 Å². The maximum atomic E-state index is 11.7. The van der Waals surface area contributed by atoms with Crippen LogP contribution in [0.3, 0.4) is 0 Å². The molecule has 1 heterocycles. The number of hydrogen-bond acceptors (Lipinski definition) is 3. The summed E-state index contributed by atoms with van der Waals surface area (Å²) in [5, 5.41) is 9.25. The van der Waals surface area contributed by atoms with E-state index in [9.17, 15) is 4.79 Å². The van der Waals surface area contributed by atoms with Crippen molar-refractivity contribution in [3.05, 3.63) is 0 Å². The van der Waals surface area contributed by atoms with Crippen LogP contribution in [0.5, 0.6) is 0 Å². The minimum absolute atomic E-state index is 0.0193. The number of carbonyl (C=O) groups is 1. The van der Waals surface area contributed by atoms with Crippen LogP contribution in [-0.2, 0) is 0 Å². The molecule has 2 fully saturated rings. The molecule has 16 heavy (non-hydrogen) atoms. The molecule has 0 radical (unpaired) electrons. The molecule has 2 aliphatic rings. The number of amides is 2. The van der Waals surface area contributed by atoms with Gasteiger partial charge in [-0.2, -0.15) is 0 Å². The van der Waals surface area contributed by atoms with Crippen LogP contribution in [0.25, 0.3) is 0 Å². The SMILES string of the molecule is NC1CCC(NC(=O)NC2CCNC2)CC1. The van der Waals surface area contributed by atoms with Gasteiger partial charge in [-0.1, -0.05) is 0 Å². The molecule has 5 heteroatoms. The summed E-state index contributed by atoms with van der Waals surface area (Å²) in [5.74, 6) is 0. The molecule has 2 amide bonds. The van der Waals surface area contributed by atoms with E-state index < -0.39 is 0 Å². The van der Waals surface area contributed by atoms with Crippen molar-refractivity contribution in [2.75, 3.05) is 13.1 Å². The Morgan fingerprint density at radius 2 is 1.75 bits per heavy atom. The lowest BCUT2D eigenvalue weighted by Crippen LogP contribution is -2.48. The summed E-state index contributed by atoms with van der Waals surface area (Å²) in [6.07, 6.45) is 5.10. The second kappa shape index (κ2) is 5.50. The van der Waals surface area contributed by atoms with Crippen LogP contribution in [0.1, 0.15) is 32.1 Å². The number of urea groups is 1. The van der Waals surface area contributed by atoms with Crippen molar-refractivity contribution in [1.82, 2.24) is 16.0 Å². The van der Waals surface area contributed by atoms with Crippen LogP contribution >= 0.6 is 0 Å². The van der Waals surface area contributed by atoms with Gasteiger partial charge in [-0.15, -0.1) is 0 Å². The third kappa shape index (κ3) is 3.35. The fourth-order valence-electron chi connectivity index (χ4n) is 2.45. The Bertz CT molecular complexity index is 232. The topological polar surface area (TPSA) is 79.2 Å². The molecule has 0 aromatic heterocycles. The van der Waals surface area contributed by atoms with Gasteiger partial charge in [0.2, 0.25) is 0 Å². The van der Waals surface area contributed by atoms with Crippen LogP contribution in [0.2, 0.25) is 0 Å². The van der Waals surface area contributed by atoms with E-state index in [1.807, 2.05) is 0 Å². The summed E-state index contributed by atoms with van der Waals surface area (Å²) in [6.45, 7) is 1.90. The van der Waals surface area contributed by atoms with Crippen LogP contribution < -0.4 is 21.7 Å². The Labute approximate surface area is 96.5 Å². The van der Waals surface area contributed by atoms with Gasteiger partial charge in [0.25, 0.3) is 0 Å². The Morgan fingerprint density at radius 1 is 1.06 bits per heavy atom. The molecule has 0 spiro atoms. The zero-order valence-electron chi connectivity index (χ0n) is 9.67. The fraction of sp³-hybridized carbons (Fsp3) is 0.909. The molecule has 0 bridgehead atoms. The van der Waals surface area contributed by atoms with Crippen LogP contribution in [0.4, 0.5) is 4.79 Å². The van der Waals surface area contributed by atoms with Gasteiger partial charge in [-0.25, -0.2) is 4.79 Å². The molecule has 1 unspecified atom stereocenters. The van der Waals surface area contributed by atoms with Crippen molar-refractivity contribution >= 4 is 6.03 Å². The standard InChI is InChI=1S/C11H22N4O/c12-8-1-3-9(4-2-8)14-11(16)15-10-5-6-13-7-10/h8-10,13H,1-7,12H2,(H2,14,15,16). The molecule has 1 saturated heterocycles. The molecule has 5 nitrogen and oxygen atoms in total. The summed E-state index contributed by atoms with van der Waals surface area (Å²) in [6, 6.07) is 0.925. The molecule has 1 aliphatic heterocycles. The Balaban J connectivity index is 1.66. The molecule has 5 N–H and O–H groups in total. The first-order valence-corrected chi connectivity index (χ1v) is 6.27. The molecular weight excluding hydrogens is 204 g/mol. The van der Waals surface area contributed by atoms with Crippen molar-refractivity contribution < 1.29 is 4.79 Å². The van der Waals surface area contributed by atoms with Gasteiger partial charge in [0, 0.05) is 24.7 Å². The molecule has 1 aliphatic carbocycles. The van der Waals surface area contributed by atoms with Crippen LogP contribution in [-0.4, -0.2) is 37.2 Å². The Morgan fingerprint density at radius 3 is 2.38 bits per heavy atom. The number of hydrogen-bond donors (Lipinski definition) is 4.